The molecular formula is C12H15OS+. The van der Waals surface area contributed by atoms with Crippen molar-refractivity contribution in [3.8, 4) is 0 Å². The molecule has 0 saturated heterocycles. The van der Waals surface area contributed by atoms with Gasteiger partial charge in [-0.15, -0.1) is 11.8 Å². The Hall–Kier alpha value is -0.890. The summed E-state index contributed by atoms with van der Waals surface area (Å²) in [5.41, 5.74) is 0. The van der Waals surface area contributed by atoms with E-state index in [-0.39, 0.29) is 5.78 Å². The van der Waals surface area contributed by atoms with Crippen molar-refractivity contribution in [2.24, 2.45) is 0 Å². The van der Waals surface area contributed by atoms with Crippen molar-refractivity contribution in [3.05, 3.63) is 37.3 Å². The van der Waals surface area contributed by atoms with Crippen molar-refractivity contribution in [3.63, 3.8) is 0 Å². The van der Waals surface area contributed by atoms with E-state index in [0.717, 1.165) is 18.6 Å². The topological polar surface area (TPSA) is 17.1 Å². The number of benzene rings is 1. The minimum Gasteiger partial charge on any atom is -0.244 e. The summed E-state index contributed by atoms with van der Waals surface area (Å²) in [7, 11) is 0. The molecule has 0 heterocycles. The predicted octanol–water partition coefficient (Wildman–Crippen LogP) is 3.35. The van der Waals surface area contributed by atoms with Gasteiger partial charge in [-0.25, -0.2) is 4.79 Å². The lowest BCUT2D eigenvalue weighted by Crippen LogP contribution is -1.90. The van der Waals surface area contributed by atoms with Gasteiger partial charge in [-0.2, -0.15) is 0 Å². The average Bonchev–Trinajstić information content (AvgIpc) is 2.18. The molecule has 1 aromatic rings. The van der Waals surface area contributed by atoms with Crippen LogP contribution in [0.5, 0.6) is 0 Å². The molecule has 0 radical (unpaired) electrons. The van der Waals surface area contributed by atoms with E-state index in [1.165, 1.54) is 4.90 Å². The summed E-state index contributed by atoms with van der Waals surface area (Å²) in [6.07, 6.45) is 2.67. The Bertz CT molecular complexity index is 269. The predicted molar refractivity (Wildman–Crippen MR) is 61.4 cm³/mol. The number of hydrogen-bond acceptors (Lipinski definition) is 2. The number of thioether (sulfide) groups is 1. The van der Waals surface area contributed by atoms with E-state index in [0.29, 0.717) is 6.42 Å². The van der Waals surface area contributed by atoms with Crippen LogP contribution in [0.25, 0.3) is 0 Å². The van der Waals surface area contributed by atoms with Crippen LogP contribution in [-0.2, 0) is 4.79 Å². The first-order valence-electron chi connectivity index (χ1n) is 4.81. The summed E-state index contributed by atoms with van der Waals surface area (Å²) in [6.45, 7) is 3.35. The highest BCUT2D eigenvalue weighted by atomic mass is 32.2. The first-order valence-corrected chi connectivity index (χ1v) is 5.80. The summed E-state index contributed by atoms with van der Waals surface area (Å²) in [6, 6.07) is 10.3. The Morgan fingerprint density at radius 2 is 1.93 bits per heavy atom. The van der Waals surface area contributed by atoms with Crippen molar-refractivity contribution in [1.29, 1.82) is 0 Å². The molecule has 0 aromatic heterocycles. The normalized spacial score (nSPS) is 10.0. The van der Waals surface area contributed by atoms with Crippen LogP contribution in [0.1, 0.15) is 19.3 Å². The molecule has 1 rings (SSSR count). The summed E-state index contributed by atoms with van der Waals surface area (Å²) >= 11 is 1.84. The molecule has 2 heteroatoms. The fourth-order valence-electron chi connectivity index (χ4n) is 1.13. The lowest BCUT2D eigenvalue weighted by molar-refractivity contribution is -0.114. The number of hydrogen-bond donors (Lipinski definition) is 0. The van der Waals surface area contributed by atoms with E-state index < -0.39 is 0 Å². The summed E-state index contributed by atoms with van der Waals surface area (Å²) in [5.74, 6) is 1.13. The second-order valence-electron chi connectivity index (χ2n) is 3.16. The highest BCUT2D eigenvalue weighted by Crippen LogP contribution is 2.18. The smallest absolute Gasteiger partial charge is 0.244 e. The van der Waals surface area contributed by atoms with Gasteiger partial charge in [0.1, 0.15) is 6.92 Å². The van der Waals surface area contributed by atoms with Crippen molar-refractivity contribution in [2.75, 3.05) is 5.75 Å². The lowest BCUT2D eigenvalue weighted by Gasteiger charge is -1.99. The first kappa shape index (κ1) is 11.2. The number of ketones is 1. The number of rotatable bonds is 6. The number of unbranched alkanes of at least 4 members (excludes halogenated alkanes) is 1. The molecule has 0 N–H and O–H groups in total. The fraction of sp³-hybridized carbons (Fsp3) is 0.333. The van der Waals surface area contributed by atoms with E-state index >= 15 is 0 Å². The quantitative estimate of drug-likeness (QED) is 0.404. The van der Waals surface area contributed by atoms with Crippen LogP contribution in [-0.4, -0.2) is 11.5 Å². The van der Waals surface area contributed by atoms with Gasteiger partial charge in [0.05, 0.1) is 6.42 Å². The molecule has 74 valence electrons. The Morgan fingerprint density at radius 3 is 2.57 bits per heavy atom. The maximum Gasteiger partial charge on any atom is 0.303 e. The molecule has 0 unspecified atom stereocenters. The SMILES string of the molecule is [CH2+]C(=O)CCCCSc1ccccc1. The molecule has 0 bridgehead atoms. The van der Waals surface area contributed by atoms with Gasteiger partial charge in [0.25, 0.3) is 0 Å². The largest absolute Gasteiger partial charge is 0.303 e. The van der Waals surface area contributed by atoms with E-state index in [1.807, 2.05) is 30.0 Å². The van der Waals surface area contributed by atoms with Gasteiger partial charge in [-0.05, 0) is 30.7 Å². The molecule has 1 aromatic carbocycles. The monoisotopic (exact) mass is 207 g/mol. The zero-order valence-electron chi connectivity index (χ0n) is 8.24. The Kier molecular flexibility index (Phi) is 5.23. The van der Waals surface area contributed by atoms with Crippen molar-refractivity contribution in [1.82, 2.24) is 0 Å². The van der Waals surface area contributed by atoms with E-state index in [9.17, 15) is 4.79 Å². The van der Waals surface area contributed by atoms with Crippen molar-refractivity contribution in [2.45, 2.75) is 24.2 Å². The first-order chi connectivity index (χ1) is 6.79. The second-order valence-corrected chi connectivity index (χ2v) is 4.33. The van der Waals surface area contributed by atoms with Gasteiger partial charge in [-0.1, -0.05) is 18.2 Å². The zero-order valence-corrected chi connectivity index (χ0v) is 9.06. The molecule has 0 amide bonds. The molecule has 1 nitrogen and oxygen atoms in total. The third-order valence-corrected chi connectivity index (χ3v) is 2.96. The molecule has 0 spiro atoms. The van der Waals surface area contributed by atoms with Crippen LogP contribution >= 0.6 is 11.8 Å². The van der Waals surface area contributed by atoms with Crippen molar-refractivity contribution >= 4 is 17.5 Å². The van der Waals surface area contributed by atoms with Crippen LogP contribution in [0.4, 0.5) is 0 Å². The van der Waals surface area contributed by atoms with Gasteiger partial charge < -0.3 is 0 Å². The average molecular weight is 207 g/mol. The highest BCUT2D eigenvalue weighted by Gasteiger charge is 1.99. The van der Waals surface area contributed by atoms with E-state index in [1.54, 1.807) is 0 Å². The van der Waals surface area contributed by atoms with E-state index in [4.69, 9.17) is 0 Å². The minimum atomic E-state index is 0.0507. The van der Waals surface area contributed by atoms with Crippen LogP contribution in [0.15, 0.2) is 35.2 Å². The van der Waals surface area contributed by atoms with Crippen molar-refractivity contribution < 1.29 is 4.79 Å². The van der Waals surface area contributed by atoms with Gasteiger partial charge in [0, 0.05) is 4.90 Å². The van der Waals surface area contributed by atoms with Crippen LogP contribution in [0.2, 0.25) is 0 Å². The third kappa shape index (κ3) is 4.97. The molecule has 14 heavy (non-hydrogen) atoms. The molecular weight excluding hydrogens is 192 g/mol. The maximum atomic E-state index is 10.6. The number of Topliss-reactive ketones (excluding diaryl/α,β-unsaturated/α-hetero) is 1. The van der Waals surface area contributed by atoms with Gasteiger partial charge in [0.2, 0.25) is 0 Å². The number of carbonyl (C=O) groups is 1. The molecule has 0 atom stereocenters. The van der Waals surface area contributed by atoms with E-state index in [2.05, 4.69) is 19.1 Å². The molecule has 0 aliphatic carbocycles. The van der Waals surface area contributed by atoms with Crippen LogP contribution < -0.4 is 0 Å². The Morgan fingerprint density at radius 1 is 1.21 bits per heavy atom. The summed E-state index contributed by atoms with van der Waals surface area (Å²) < 4.78 is 0. The molecule has 0 saturated carbocycles. The molecule has 0 aliphatic rings. The standard InChI is InChI=1S/C12H15OS/c1-11(13)7-5-6-10-14-12-8-3-2-4-9-12/h2-4,8-9H,1,5-7,10H2/q+1. The third-order valence-electron chi connectivity index (χ3n) is 1.86. The van der Waals surface area contributed by atoms with Crippen LogP contribution in [0, 0.1) is 6.92 Å². The van der Waals surface area contributed by atoms with Gasteiger partial charge in [0.15, 0.2) is 0 Å². The number of carbonyl (C=O) groups excluding carboxylic acids is 1. The molecule has 0 aliphatic heterocycles. The maximum absolute atomic E-state index is 10.6. The molecule has 0 fully saturated rings. The van der Waals surface area contributed by atoms with Gasteiger partial charge in [-0.3, -0.25) is 0 Å². The van der Waals surface area contributed by atoms with Crippen LogP contribution in [0.3, 0.4) is 0 Å². The lowest BCUT2D eigenvalue weighted by atomic mass is 10.2. The fourth-order valence-corrected chi connectivity index (χ4v) is 2.06. The second kappa shape index (κ2) is 6.55. The highest BCUT2D eigenvalue weighted by molar-refractivity contribution is 7.99. The Labute approximate surface area is 89.9 Å². The van der Waals surface area contributed by atoms with Gasteiger partial charge >= 0.3 is 5.78 Å². The summed E-state index contributed by atoms with van der Waals surface area (Å²) in [4.78, 5) is 11.9. The minimum absolute atomic E-state index is 0.0507. The Balaban J connectivity index is 2.08. The summed E-state index contributed by atoms with van der Waals surface area (Å²) in [5, 5.41) is 0. The zero-order chi connectivity index (χ0) is 10.2.